The molecule has 5 nitrogen and oxygen atoms in total. The molecule has 3 N–H and O–H groups in total. The molecule has 0 radical (unpaired) electrons. The van der Waals surface area contributed by atoms with E-state index in [1.807, 2.05) is 0 Å². The molecule has 5 heteroatoms. The fourth-order valence-corrected chi connectivity index (χ4v) is 5.36. The molecule has 1 aromatic heterocycles. The molecule has 0 saturated carbocycles. The second-order valence-electron chi connectivity index (χ2n) is 7.74. The van der Waals surface area contributed by atoms with Crippen LogP contribution in [0.25, 0.3) is 10.9 Å². The number of H-pyrrole nitrogens is 1. The summed E-state index contributed by atoms with van der Waals surface area (Å²) >= 11 is 0. The van der Waals surface area contributed by atoms with Crippen molar-refractivity contribution >= 4 is 22.6 Å². The molecule has 2 aromatic rings. The zero-order valence-electron chi connectivity index (χ0n) is 14.8. The SMILES string of the molecule is O=C(O)CC1([N+]2(c3c[nH]c4ccccc34)CCCCC2)CCNCC1. The summed E-state index contributed by atoms with van der Waals surface area (Å²) in [6.07, 6.45) is 7.87. The number of nitrogens with one attached hydrogen (secondary N) is 2. The summed E-state index contributed by atoms with van der Waals surface area (Å²) in [4.78, 5) is 15.3. The van der Waals surface area contributed by atoms with Gasteiger partial charge in [-0.15, -0.1) is 0 Å². The zero-order valence-corrected chi connectivity index (χ0v) is 14.8. The van der Waals surface area contributed by atoms with Gasteiger partial charge in [-0.3, -0.25) is 9.28 Å². The average Bonchev–Trinajstić information content (AvgIpc) is 3.07. The highest BCUT2D eigenvalue weighted by molar-refractivity contribution is 5.92. The van der Waals surface area contributed by atoms with Gasteiger partial charge in [-0.05, 0) is 31.4 Å². The number of carboxylic acid groups (broad SMARTS) is 1. The molecule has 0 atom stereocenters. The Hall–Kier alpha value is -1.85. The van der Waals surface area contributed by atoms with Crippen LogP contribution in [0.4, 0.5) is 5.69 Å². The maximum atomic E-state index is 11.9. The molecule has 0 amide bonds. The first kappa shape index (κ1) is 16.6. The number of piperidine rings is 2. The van der Waals surface area contributed by atoms with E-state index in [1.165, 1.54) is 30.3 Å². The first-order chi connectivity index (χ1) is 12.2. The summed E-state index contributed by atoms with van der Waals surface area (Å²) in [5, 5.41) is 14.4. The number of nitrogens with zero attached hydrogens (tertiary/aromatic N) is 1. The summed E-state index contributed by atoms with van der Waals surface area (Å²) in [7, 11) is 0. The minimum atomic E-state index is -0.662. The number of quaternary nitrogens is 1. The first-order valence-electron chi connectivity index (χ1n) is 9.53. The number of carboxylic acids is 1. The highest BCUT2D eigenvalue weighted by Crippen LogP contribution is 2.46. The molecule has 0 spiro atoms. The van der Waals surface area contributed by atoms with Crippen LogP contribution in [-0.2, 0) is 4.79 Å². The second-order valence-corrected chi connectivity index (χ2v) is 7.74. The van der Waals surface area contributed by atoms with Gasteiger partial charge in [-0.2, -0.15) is 0 Å². The summed E-state index contributed by atoms with van der Waals surface area (Å²) in [5.74, 6) is -0.662. The highest BCUT2D eigenvalue weighted by atomic mass is 16.4. The molecule has 0 aliphatic carbocycles. The standard InChI is InChI=1S/C20H27N3O2/c24-19(25)14-20(8-10-21-11-9-20)23(12-4-1-5-13-23)18-15-22-17-7-3-2-6-16(17)18/h2-3,6-7,15,21-22H,1,4-5,8-14H2/p+1. The van der Waals surface area contributed by atoms with Gasteiger partial charge < -0.3 is 15.4 Å². The Kier molecular flexibility index (Phi) is 4.29. The highest BCUT2D eigenvalue weighted by Gasteiger charge is 2.55. The van der Waals surface area contributed by atoms with Gasteiger partial charge in [0.05, 0.1) is 30.2 Å². The van der Waals surface area contributed by atoms with Crippen LogP contribution in [-0.4, -0.2) is 47.8 Å². The molecule has 0 unspecified atom stereocenters. The predicted molar refractivity (Wildman–Crippen MR) is 101 cm³/mol. The van der Waals surface area contributed by atoms with E-state index in [-0.39, 0.29) is 12.0 Å². The van der Waals surface area contributed by atoms with E-state index in [0.717, 1.165) is 49.0 Å². The van der Waals surface area contributed by atoms with E-state index in [1.54, 1.807) is 0 Å². The van der Waals surface area contributed by atoms with Crippen molar-refractivity contribution in [2.24, 2.45) is 0 Å². The normalized spacial score (nSPS) is 22.7. The number of para-hydroxylation sites is 1. The fraction of sp³-hybridized carbons (Fsp3) is 0.550. The van der Waals surface area contributed by atoms with Crippen molar-refractivity contribution < 1.29 is 9.90 Å². The topological polar surface area (TPSA) is 65.1 Å². The van der Waals surface area contributed by atoms with Crippen LogP contribution in [0.2, 0.25) is 0 Å². The molecule has 1 aromatic carbocycles. The quantitative estimate of drug-likeness (QED) is 0.747. The van der Waals surface area contributed by atoms with Crippen molar-refractivity contribution in [3.8, 4) is 0 Å². The Labute approximate surface area is 148 Å². The van der Waals surface area contributed by atoms with Gasteiger partial charge >= 0.3 is 5.97 Å². The van der Waals surface area contributed by atoms with Gasteiger partial charge in [0, 0.05) is 25.9 Å². The Balaban J connectivity index is 1.90. The summed E-state index contributed by atoms with van der Waals surface area (Å²) < 4.78 is 0.838. The van der Waals surface area contributed by atoms with Crippen molar-refractivity contribution in [2.45, 2.75) is 44.1 Å². The minimum absolute atomic E-state index is 0.206. The molecule has 2 aliphatic heterocycles. The van der Waals surface area contributed by atoms with Crippen molar-refractivity contribution in [3.05, 3.63) is 30.5 Å². The minimum Gasteiger partial charge on any atom is -0.481 e. The van der Waals surface area contributed by atoms with E-state index < -0.39 is 5.97 Å². The van der Waals surface area contributed by atoms with Crippen LogP contribution in [0, 0.1) is 0 Å². The van der Waals surface area contributed by atoms with Gasteiger partial charge in [-0.1, -0.05) is 12.1 Å². The Morgan fingerprint density at radius 1 is 1.12 bits per heavy atom. The number of likely N-dealkylation sites (tertiary alicyclic amines) is 1. The lowest BCUT2D eigenvalue weighted by molar-refractivity contribution is -0.141. The van der Waals surface area contributed by atoms with Crippen molar-refractivity contribution in [1.29, 1.82) is 0 Å². The Bertz CT molecular complexity index is 755. The number of hydrogen-bond acceptors (Lipinski definition) is 2. The van der Waals surface area contributed by atoms with Gasteiger partial charge in [0.2, 0.25) is 0 Å². The van der Waals surface area contributed by atoms with Gasteiger partial charge in [0.1, 0.15) is 12.0 Å². The largest absolute Gasteiger partial charge is 0.481 e. The van der Waals surface area contributed by atoms with E-state index in [4.69, 9.17) is 0 Å². The summed E-state index contributed by atoms with van der Waals surface area (Å²) in [6.45, 7) is 3.93. The smallest absolute Gasteiger partial charge is 0.309 e. The third kappa shape index (κ3) is 2.66. The van der Waals surface area contributed by atoms with E-state index >= 15 is 0 Å². The molecule has 2 fully saturated rings. The molecular formula is C20H28N3O2+. The molecule has 134 valence electrons. The molecule has 0 bridgehead atoms. The number of carbonyl (C=O) groups is 1. The number of fused-ring (bicyclic) bond motifs is 1. The summed E-state index contributed by atoms with van der Waals surface area (Å²) in [6, 6.07) is 8.45. The van der Waals surface area contributed by atoms with E-state index in [9.17, 15) is 9.90 Å². The van der Waals surface area contributed by atoms with Crippen molar-refractivity contribution in [2.75, 3.05) is 26.2 Å². The second kappa shape index (κ2) is 6.46. The monoisotopic (exact) mass is 342 g/mol. The zero-order chi connectivity index (χ0) is 17.3. The average molecular weight is 342 g/mol. The van der Waals surface area contributed by atoms with Gasteiger partial charge in [0.15, 0.2) is 5.69 Å². The fourth-order valence-electron chi connectivity index (χ4n) is 5.36. The third-order valence-electron chi connectivity index (χ3n) is 6.53. The number of aromatic amines is 1. The maximum Gasteiger partial charge on any atom is 0.309 e. The van der Waals surface area contributed by atoms with Crippen LogP contribution in [0.15, 0.2) is 30.5 Å². The third-order valence-corrected chi connectivity index (χ3v) is 6.53. The number of aromatic nitrogens is 1. The molecule has 2 saturated heterocycles. The van der Waals surface area contributed by atoms with Gasteiger partial charge in [0.25, 0.3) is 0 Å². The van der Waals surface area contributed by atoms with E-state index in [2.05, 4.69) is 40.8 Å². The summed E-state index contributed by atoms with van der Waals surface area (Å²) in [5.41, 5.74) is 2.25. The van der Waals surface area contributed by atoms with Crippen LogP contribution < -0.4 is 9.80 Å². The van der Waals surface area contributed by atoms with Crippen molar-refractivity contribution in [1.82, 2.24) is 14.8 Å². The van der Waals surface area contributed by atoms with Crippen LogP contribution in [0.3, 0.4) is 0 Å². The van der Waals surface area contributed by atoms with Crippen LogP contribution in [0.5, 0.6) is 0 Å². The number of rotatable bonds is 4. The molecule has 3 heterocycles. The first-order valence-corrected chi connectivity index (χ1v) is 9.53. The van der Waals surface area contributed by atoms with Crippen molar-refractivity contribution in [3.63, 3.8) is 0 Å². The van der Waals surface area contributed by atoms with Gasteiger partial charge in [-0.25, -0.2) is 0 Å². The number of aliphatic carboxylic acids is 1. The predicted octanol–water partition coefficient (Wildman–Crippen LogP) is 3.26. The maximum absolute atomic E-state index is 11.9. The number of benzene rings is 1. The lowest BCUT2D eigenvalue weighted by Crippen LogP contribution is -2.71. The van der Waals surface area contributed by atoms with E-state index in [0.29, 0.717) is 0 Å². The van der Waals surface area contributed by atoms with Crippen LogP contribution in [0.1, 0.15) is 38.5 Å². The Morgan fingerprint density at radius 2 is 1.84 bits per heavy atom. The molecule has 4 rings (SSSR count). The molecule has 25 heavy (non-hydrogen) atoms. The Morgan fingerprint density at radius 3 is 2.56 bits per heavy atom. The number of hydrogen-bond donors (Lipinski definition) is 3. The lowest BCUT2D eigenvalue weighted by Gasteiger charge is -2.55. The molecule has 2 aliphatic rings. The van der Waals surface area contributed by atoms with Crippen LogP contribution >= 0.6 is 0 Å². The lowest BCUT2D eigenvalue weighted by atomic mass is 9.78. The molecular weight excluding hydrogens is 314 g/mol.